The van der Waals surface area contributed by atoms with E-state index in [0.29, 0.717) is 69.3 Å². The van der Waals surface area contributed by atoms with Crippen LogP contribution in [-0.4, -0.2) is 27.4 Å². The summed E-state index contributed by atoms with van der Waals surface area (Å²) in [6.45, 7) is 1.25. The number of rotatable bonds is 5. The predicted molar refractivity (Wildman–Crippen MR) is 133 cm³/mol. The summed E-state index contributed by atoms with van der Waals surface area (Å²) >= 11 is 0. The number of methoxy groups -OCH3 is 2. The smallest absolute Gasteiger partial charge is 0.196 e. The van der Waals surface area contributed by atoms with Crippen molar-refractivity contribution in [1.82, 2.24) is 0 Å². The molecule has 0 radical (unpaired) electrons. The van der Waals surface area contributed by atoms with Crippen LogP contribution in [-0.2, 0) is 9.47 Å². The molecule has 8 nitrogen and oxygen atoms in total. The second-order valence-corrected chi connectivity index (χ2v) is 9.07. The Labute approximate surface area is 206 Å². The van der Waals surface area contributed by atoms with Gasteiger partial charge in [-0.3, -0.25) is 9.59 Å². The second kappa shape index (κ2) is 9.11. The van der Waals surface area contributed by atoms with Crippen LogP contribution in [0.1, 0.15) is 49.4 Å². The Morgan fingerprint density at radius 1 is 0.694 bits per heavy atom. The van der Waals surface area contributed by atoms with E-state index in [-0.39, 0.29) is 23.1 Å². The van der Waals surface area contributed by atoms with Gasteiger partial charge >= 0.3 is 0 Å². The van der Waals surface area contributed by atoms with E-state index in [0.717, 1.165) is 25.7 Å². The van der Waals surface area contributed by atoms with Crippen LogP contribution in [0.5, 0.6) is 11.5 Å². The lowest BCUT2D eigenvalue weighted by Crippen LogP contribution is -2.09. The fourth-order valence-electron chi connectivity index (χ4n) is 5.19. The molecule has 2 atom stereocenters. The van der Waals surface area contributed by atoms with Crippen LogP contribution >= 0.6 is 0 Å². The average molecular weight is 491 g/mol. The van der Waals surface area contributed by atoms with Crippen LogP contribution in [0.25, 0.3) is 33.1 Å². The van der Waals surface area contributed by atoms with Crippen LogP contribution < -0.4 is 20.3 Å². The van der Waals surface area contributed by atoms with Gasteiger partial charge in [-0.1, -0.05) is 0 Å². The van der Waals surface area contributed by atoms with E-state index >= 15 is 0 Å². The molecule has 0 N–H and O–H groups in total. The van der Waals surface area contributed by atoms with Crippen molar-refractivity contribution in [3.8, 4) is 22.6 Å². The highest BCUT2D eigenvalue weighted by atomic mass is 16.5. The minimum absolute atomic E-state index is 0.222. The van der Waals surface area contributed by atoms with Gasteiger partial charge in [0.15, 0.2) is 10.9 Å². The van der Waals surface area contributed by atoms with Gasteiger partial charge in [0, 0.05) is 36.5 Å². The Morgan fingerprint density at radius 2 is 1.14 bits per heavy atom. The van der Waals surface area contributed by atoms with Gasteiger partial charge in [-0.15, -0.1) is 0 Å². The van der Waals surface area contributed by atoms with Crippen molar-refractivity contribution in [2.75, 3.05) is 27.4 Å². The molecule has 186 valence electrons. The highest BCUT2D eigenvalue weighted by Crippen LogP contribution is 2.41. The van der Waals surface area contributed by atoms with Crippen molar-refractivity contribution < 1.29 is 27.8 Å². The lowest BCUT2D eigenvalue weighted by atomic mass is 9.98. The first kappa shape index (κ1) is 22.8. The van der Waals surface area contributed by atoms with Crippen LogP contribution in [0.15, 0.2) is 54.8 Å². The van der Waals surface area contributed by atoms with Crippen molar-refractivity contribution in [3.63, 3.8) is 0 Å². The highest BCUT2D eigenvalue weighted by molar-refractivity contribution is 6.04. The van der Waals surface area contributed by atoms with Crippen molar-refractivity contribution in [2.24, 2.45) is 0 Å². The van der Waals surface area contributed by atoms with E-state index in [1.165, 1.54) is 26.4 Å². The Balaban J connectivity index is 1.66. The largest absolute Gasteiger partial charge is 0.496 e. The molecule has 2 saturated heterocycles. The first-order valence-corrected chi connectivity index (χ1v) is 12.1. The third-order valence-corrected chi connectivity index (χ3v) is 6.94. The van der Waals surface area contributed by atoms with Gasteiger partial charge in [0.2, 0.25) is 0 Å². The van der Waals surface area contributed by atoms with Crippen LogP contribution in [0, 0.1) is 0 Å². The Kier molecular flexibility index (Phi) is 5.78. The fraction of sp³-hybridized carbons (Fsp3) is 0.357. The van der Waals surface area contributed by atoms with Crippen molar-refractivity contribution in [3.05, 3.63) is 68.4 Å². The van der Waals surface area contributed by atoms with E-state index in [1.54, 1.807) is 12.1 Å². The molecule has 0 spiro atoms. The third kappa shape index (κ3) is 3.68. The van der Waals surface area contributed by atoms with Crippen molar-refractivity contribution in [1.29, 1.82) is 0 Å². The summed E-state index contributed by atoms with van der Waals surface area (Å²) in [5.41, 5.74) is 1.46. The lowest BCUT2D eigenvalue weighted by molar-refractivity contribution is 0.0938. The zero-order chi connectivity index (χ0) is 24.8. The third-order valence-electron chi connectivity index (χ3n) is 6.94. The lowest BCUT2D eigenvalue weighted by Gasteiger charge is -2.16. The molecule has 2 aliphatic rings. The molecular weight excluding hydrogens is 464 g/mol. The summed E-state index contributed by atoms with van der Waals surface area (Å²) in [6.07, 6.45) is 2.79. The maximum atomic E-state index is 13.3. The quantitative estimate of drug-likeness (QED) is 0.372. The molecule has 6 rings (SSSR count). The van der Waals surface area contributed by atoms with Gasteiger partial charge in [-0.05, 0) is 49.9 Å². The first-order chi connectivity index (χ1) is 17.6. The van der Waals surface area contributed by atoms with Crippen LogP contribution in [0.2, 0.25) is 0 Å². The fourth-order valence-corrected chi connectivity index (χ4v) is 5.19. The zero-order valence-electron chi connectivity index (χ0n) is 20.1. The number of ether oxygens (including phenoxy) is 4. The van der Waals surface area contributed by atoms with Gasteiger partial charge < -0.3 is 27.8 Å². The highest BCUT2D eigenvalue weighted by Gasteiger charge is 2.27. The minimum Gasteiger partial charge on any atom is -0.496 e. The van der Waals surface area contributed by atoms with E-state index < -0.39 is 0 Å². The summed E-state index contributed by atoms with van der Waals surface area (Å²) < 4.78 is 35.2. The van der Waals surface area contributed by atoms with E-state index in [2.05, 4.69) is 0 Å². The molecule has 2 aromatic heterocycles. The monoisotopic (exact) mass is 490 g/mol. The molecule has 2 unspecified atom stereocenters. The van der Waals surface area contributed by atoms with Crippen molar-refractivity contribution in [2.45, 2.75) is 37.9 Å². The molecule has 4 aromatic rings. The number of fused-ring (bicyclic) bond motifs is 2. The summed E-state index contributed by atoms with van der Waals surface area (Å²) in [7, 11) is 3.02. The summed E-state index contributed by atoms with van der Waals surface area (Å²) in [5, 5.41) is 0.636. The van der Waals surface area contributed by atoms with E-state index in [4.69, 9.17) is 27.8 Å². The van der Waals surface area contributed by atoms with Gasteiger partial charge in [0.05, 0.1) is 14.2 Å². The summed E-state index contributed by atoms with van der Waals surface area (Å²) in [5.74, 6) is 1.75. The maximum Gasteiger partial charge on any atom is 0.196 e. The molecule has 2 aromatic carbocycles. The number of benzene rings is 2. The number of hydrogen-bond donors (Lipinski definition) is 0. The number of hydrogen-bond acceptors (Lipinski definition) is 8. The summed E-state index contributed by atoms with van der Waals surface area (Å²) in [6, 6.07) is 10.0. The Morgan fingerprint density at radius 3 is 1.50 bits per heavy atom. The maximum absolute atomic E-state index is 13.3. The molecule has 8 heteroatoms. The van der Waals surface area contributed by atoms with Crippen molar-refractivity contribution >= 4 is 21.9 Å². The van der Waals surface area contributed by atoms with Gasteiger partial charge in [0.1, 0.15) is 57.2 Å². The zero-order valence-corrected chi connectivity index (χ0v) is 20.1. The molecule has 0 aliphatic carbocycles. The van der Waals surface area contributed by atoms with E-state index in [1.807, 2.05) is 12.1 Å². The predicted octanol–water partition coefficient (Wildman–Crippen LogP) is 5.29. The SMILES string of the molecule is COc1ccc(-c2ccc(OC)c3c(=O)cc(C4CCCO4)oc23)c2oc(C3CCCO3)cc(=O)c12. The van der Waals surface area contributed by atoms with Crippen LogP contribution in [0.3, 0.4) is 0 Å². The molecule has 2 fully saturated rings. The Hall–Kier alpha value is -3.62. The molecule has 0 bridgehead atoms. The second-order valence-electron chi connectivity index (χ2n) is 9.07. The topological polar surface area (TPSA) is 97.3 Å². The molecular formula is C28H26O8. The normalized spacial score (nSPS) is 19.8. The van der Waals surface area contributed by atoms with Gasteiger partial charge in [0.25, 0.3) is 0 Å². The standard InChI is InChI=1S/C28H26O8/c1-31-21-9-7-15(27-25(21)17(29)13-23(35-27)19-5-3-11-33-19)16-8-10-22(32-2)26-18(30)14-24(36-28(16)26)20-6-4-12-34-20/h7-10,13-14,19-20H,3-6,11-12H2,1-2H3. The molecule has 0 saturated carbocycles. The Bertz CT molecular complexity index is 1450. The summed E-state index contributed by atoms with van der Waals surface area (Å²) in [4.78, 5) is 26.5. The minimum atomic E-state index is -0.280. The van der Waals surface area contributed by atoms with Crippen LogP contribution in [0.4, 0.5) is 0 Å². The molecule has 4 heterocycles. The van der Waals surface area contributed by atoms with Gasteiger partial charge in [-0.25, -0.2) is 0 Å². The van der Waals surface area contributed by atoms with Gasteiger partial charge in [-0.2, -0.15) is 0 Å². The van der Waals surface area contributed by atoms with E-state index in [9.17, 15) is 9.59 Å². The average Bonchev–Trinajstić information content (AvgIpc) is 3.62. The molecule has 0 amide bonds. The first-order valence-electron chi connectivity index (χ1n) is 12.1. The molecule has 36 heavy (non-hydrogen) atoms. The molecule has 2 aliphatic heterocycles.